The van der Waals surface area contributed by atoms with Crippen molar-refractivity contribution >= 4 is 18.0 Å². The predicted octanol–water partition coefficient (Wildman–Crippen LogP) is 6.07. The first-order chi connectivity index (χ1) is 18.6. The topological polar surface area (TPSA) is 94.2 Å². The van der Waals surface area contributed by atoms with Gasteiger partial charge in [-0.3, -0.25) is 9.69 Å². The molecule has 1 saturated heterocycles. The summed E-state index contributed by atoms with van der Waals surface area (Å²) in [5.74, 6) is -0.814. The molecule has 1 N–H and O–H groups in total. The van der Waals surface area contributed by atoms with Gasteiger partial charge in [-0.15, -0.1) is 0 Å². The number of nitrogens with zero attached hydrogens (tertiary/aromatic N) is 1. The molecule has 2 aliphatic rings. The highest BCUT2D eigenvalue weighted by Crippen LogP contribution is 2.46. The molecule has 1 aromatic carbocycles. The smallest absolute Gasteiger partial charge is 0.412 e. The average molecular weight is 559 g/mol. The van der Waals surface area contributed by atoms with E-state index < -0.39 is 29.4 Å². The van der Waals surface area contributed by atoms with E-state index in [4.69, 9.17) is 14.2 Å². The van der Waals surface area contributed by atoms with Crippen molar-refractivity contribution in [2.75, 3.05) is 0 Å². The monoisotopic (exact) mass is 558 g/mol. The van der Waals surface area contributed by atoms with Crippen LogP contribution in [0.1, 0.15) is 93.6 Å². The Kier molecular flexibility index (Phi) is 10.3. The van der Waals surface area contributed by atoms with Gasteiger partial charge in [0.1, 0.15) is 24.0 Å². The molecule has 1 heterocycles. The number of carbonyl (C=O) groups excluding carboxylic acids is 3. The Morgan fingerprint density at radius 3 is 2.30 bits per heavy atom. The molecule has 1 saturated carbocycles. The summed E-state index contributed by atoms with van der Waals surface area (Å²) in [6.07, 6.45) is 2.44. The summed E-state index contributed by atoms with van der Waals surface area (Å²) in [6, 6.07) is 8.53. The molecule has 1 aliphatic heterocycles. The summed E-state index contributed by atoms with van der Waals surface area (Å²) in [7, 11) is 0. The van der Waals surface area contributed by atoms with Crippen molar-refractivity contribution < 1.29 is 28.6 Å². The zero-order chi connectivity index (χ0) is 29.8. The van der Waals surface area contributed by atoms with Crippen molar-refractivity contribution in [2.24, 2.45) is 23.7 Å². The second kappa shape index (κ2) is 12.9. The largest absolute Gasteiger partial charge is 0.459 e. The first-order valence-corrected chi connectivity index (χ1v) is 14.8. The molecule has 0 radical (unpaired) electrons. The molecule has 0 aromatic heterocycles. The molecule has 40 heavy (non-hydrogen) atoms. The van der Waals surface area contributed by atoms with Gasteiger partial charge in [-0.05, 0) is 77.2 Å². The van der Waals surface area contributed by atoms with E-state index >= 15 is 0 Å². The summed E-state index contributed by atoms with van der Waals surface area (Å²) in [4.78, 5) is 41.9. The Morgan fingerprint density at radius 2 is 1.73 bits per heavy atom. The van der Waals surface area contributed by atoms with E-state index in [0.29, 0.717) is 12.3 Å². The van der Waals surface area contributed by atoms with Crippen LogP contribution in [0.25, 0.3) is 0 Å². The Morgan fingerprint density at radius 1 is 1.07 bits per heavy atom. The van der Waals surface area contributed by atoms with Gasteiger partial charge in [0.2, 0.25) is 5.91 Å². The highest BCUT2D eigenvalue weighted by Gasteiger charge is 2.56. The van der Waals surface area contributed by atoms with Gasteiger partial charge in [0.25, 0.3) is 0 Å². The van der Waals surface area contributed by atoms with Gasteiger partial charge in [-0.25, -0.2) is 9.59 Å². The highest BCUT2D eigenvalue weighted by atomic mass is 16.6. The molecule has 8 nitrogen and oxygen atoms in total. The number of rotatable bonds is 9. The quantitative estimate of drug-likeness (QED) is 0.370. The molecular formula is C32H50N2O6. The van der Waals surface area contributed by atoms with Gasteiger partial charge in [-0.2, -0.15) is 0 Å². The number of hydrogen-bond acceptors (Lipinski definition) is 6. The minimum Gasteiger partial charge on any atom is -0.459 e. The zero-order valence-corrected chi connectivity index (χ0v) is 25.9. The third-order valence-corrected chi connectivity index (χ3v) is 7.79. The Hall–Kier alpha value is -2.61. The first-order valence-electron chi connectivity index (χ1n) is 14.8. The average Bonchev–Trinajstić information content (AvgIpc) is 3.42. The van der Waals surface area contributed by atoms with Gasteiger partial charge in [-0.1, -0.05) is 64.4 Å². The van der Waals surface area contributed by atoms with Crippen LogP contribution in [0.15, 0.2) is 30.3 Å². The third kappa shape index (κ3) is 7.99. The number of ether oxygens (including phenoxy) is 3. The maximum absolute atomic E-state index is 13.7. The molecular weight excluding hydrogens is 508 g/mol. The van der Waals surface area contributed by atoms with Gasteiger partial charge < -0.3 is 19.5 Å². The molecule has 1 aliphatic carbocycles. The molecule has 3 rings (SSSR count). The van der Waals surface area contributed by atoms with Crippen molar-refractivity contribution in [3.05, 3.63) is 35.9 Å². The number of esters is 1. The van der Waals surface area contributed by atoms with Gasteiger partial charge in [0.05, 0.1) is 12.1 Å². The number of carbonyl (C=O) groups is 3. The minimum absolute atomic E-state index is 0.0800. The van der Waals surface area contributed by atoms with Crippen LogP contribution in [-0.4, -0.2) is 52.4 Å². The minimum atomic E-state index is -0.877. The second-order valence-electron chi connectivity index (χ2n) is 13.6. The Labute approximate surface area is 240 Å². The lowest BCUT2D eigenvalue weighted by Gasteiger charge is -2.36. The molecule has 1 aromatic rings. The fourth-order valence-electron chi connectivity index (χ4n) is 6.06. The lowest BCUT2D eigenvalue weighted by Crippen LogP contribution is -2.52. The van der Waals surface area contributed by atoms with Crippen molar-refractivity contribution in [3.63, 3.8) is 0 Å². The van der Waals surface area contributed by atoms with Crippen molar-refractivity contribution in [1.82, 2.24) is 10.2 Å². The number of benzene rings is 1. The van der Waals surface area contributed by atoms with E-state index in [1.165, 1.54) is 0 Å². The van der Waals surface area contributed by atoms with Crippen molar-refractivity contribution in [2.45, 2.75) is 124 Å². The fourth-order valence-corrected chi connectivity index (χ4v) is 6.06. The van der Waals surface area contributed by atoms with Gasteiger partial charge >= 0.3 is 12.1 Å². The molecule has 2 fully saturated rings. The van der Waals surface area contributed by atoms with Gasteiger partial charge in [0, 0.05) is 5.92 Å². The van der Waals surface area contributed by atoms with Crippen LogP contribution in [-0.2, 0) is 30.4 Å². The van der Waals surface area contributed by atoms with Crippen LogP contribution in [0.5, 0.6) is 0 Å². The van der Waals surface area contributed by atoms with Crippen molar-refractivity contribution in [1.29, 1.82) is 0 Å². The van der Waals surface area contributed by atoms with Crippen LogP contribution < -0.4 is 5.32 Å². The SMILES string of the molecule is CC(C)C[C@H]1[C@H]([C@@H]2CCC[C@H]2C(=O)N[C@H](C(=O)OCc2ccccc2)C(C)C)OC(C)(C)N1C(=O)OC(C)(C)C. The van der Waals surface area contributed by atoms with Crippen LogP contribution in [0.2, 0.25) is 0 Å². The number of hydrogen-bond donors (Lipinski definition) is 1. The molecule has 8 heteroatoms. The Bertz CT molecular complexity index is 1020. The van der Waals surface area contributed by atoms with Crippen molar-refractivity contribution in [3.8, 4) is 0 Å². The molecule has 2 amide bonds. The second-order valence-corrected chi connectivity index (χ2v) is 13.6. The molecule has 5 atom stereocenters. The zero-order valence-electron chi connectivity index (χ0n) is 25.9. The predicted molar refractivity (Wildman–Crippen MR) is 154 cm³/mol. The highest BCUT2D eigenvalue weighted by molar-refractivity contribution is 5.86. The summed E-state index contributed by atoms with van der Waals surface area (Å²) in [6.45, 7) is 17.6. The van der Waals surface area contributed by atoms with Gasteiger partial charge in [0.15, 0.2) is 0 Å². The molecule has 0 bridgehead atoms. The molecule has 0 unspecified atom stereocenters. The van der Waals surface area contributed by atoms with Crippen LogP contribution >= 0.6 is 0 Å². The maximum Gasteiger partial charge on any atom is 0.412 e. The van der Waals surface area contributed by atoms with E-state index in [9.17, 15) is 14.4 Å². The molecule has 224 valence electrons. The maximum atomic E-state index is 13.7. The summed E-state index contributed by atoms with van der Waals surface area (Å²) in [5, 5.41) is 3.02. The van der Waals surface area contributed by atoms with E-state index in [2.05, 4.69) is 19.2 Å². The van der Waals surface area contributed by atoms with E-state index in [1.54, 1.807) is 4.90 Å². The summed E-state index contributed by atoms with van der Waals surface area (Å²) >= 11 is 0. The Balaban J connectivity index is 1.77. The third-order valence-electron chi connectivity index (χ3n) is 7.79. The van der Waals surface area contributed by atoms with Crippen LogP contribution in [0.3, 0.4) is 0 Å². The lowest BCUT2D eigenvalue weighted by molar-refractivity contribution is -0.151. The standard InChI is InChI=1S/C32H50N2O6/c1-20(2)18-25-27(39-32(8,9)34(25)30(37)40-31(5,6)7)23-16-13-17-24(23)28(35)33-26(21(3)4)29(36)38-19-22-14-11-10-12-15-22/h10-12,14-15,20-21,23-27H,13,16-19H2,1-9H3,(H,33,35)/t23-,24-,25+,26+,27+/m1/s1. The molecule has 0 spiro atoms. The normalized spacial score (nSPS) is 25.2. The lowest BCUT2D eigenvalue weighted by atomic mass is 9.83. The number of amides is 2. The summed E-state index contributed by atoms with van der Waals surface area (Å²) in [5.41, 5.74) is -0.616. The van der Waals surface area contributed by atoms with Crippen LogP contribution in [0.4, 0.5) is 4.79 Å². The fraction of sp³-hybridized carbons (Fsp3) is 0.719. The summed E-state index contributed by atoms with van der Waals surface area (Å²) < 4.78 is 18.0. The van der Waals surface area contributed by atoms with E-state index in [0.717, 1.165) is 24.8 Å². The van der Waals surface area contributed by atoms with E-state index in [1.807, 2.05) is 78.8 Å². The van der Waals surface area contributed by atoms with E-state index in [-0.39, 0.29) is 42.4 Å². The number of nitrogens with one attached hydrogen (secondary N) is 1. The van der Waals surface area contributed by atoms with Crippen LogP contribution in [0, 0.1) is 23.7 Å². The first kappa shape index (κ1) is 31.9.